The molecule has 178 valence electrons. The van der Waals surface area contributed by atoms with Gasteiger partial charge >= 0.3 is 0 Å². The zero-order valence-corrected chi connectivity index (χ0v) is 20.0. The van der Waals surface area contributed by atoms with Crippen LogP contribution in [0.5, 0.6) is 17.2 Å². The van der Waals surface area contributed by atoms with Crippen LogP contribution in [0.4, 0.5) is 0 Å². The Morgan fingerprint density at radius 3 is 2.82 bits per heavy atom. The van der Waals surface area contributed by atoms with Gasteiger partial charge in [0.25, 0.3) is 0 Å². The number of aryl methyl sites for hydroxylation is 1. The largest absolute Gasteiger partial charge is 0.478 e. The van der Waals surface area contributed by atoms with E-state index in [-0.39, 0.29) is 35.9 Å². The fourth-order valence-corrected chi connectivity index (χ4v) is 7.01. The first-order valence-electron chi connectivity index (χ1n) is 11.0. The maximum absolute atomic E-state index is 13.4. The maximum Gasteiger partial charge on any atom is 0.232 e. The highest BCUT2D eigenvalue weighted by atomic mass is 35.5. The van der Waals surface area contributed by atoms with Crippen LogP contribution in [-0.4, -0.2) is 50.2 Å². The molecule has 2 aromatic rings. The van der Waals surface area contributed by atoms with Gasteiger partial charge in [-0.2, -0.15) is 0 Å². The molecular formula is C24H22ClNO7S. The molecule has 1 saturated heterocycles. The summed E-state index contributed by atoms with van der Waals surface area (Å²) in [4.78, 5) is 15.4. The van der Waals surface area contributed by atoms with Crippen molar-refractivity contribution in [3.05, 3.63) is 56.8 Å². The SMILES string of the molecule is Cc1cc2c(c3c1C(=O)/C(=C/c1cc(Cl)cc4c1OCOC4)O3)CN(C1CCS(=O)(=O)C1)CO2. The van der Waals surface area contributed by atoms with Gasteiger partial charge in [0.05, 0.1) is 29.2 Å². The van der Waals surface area contributed by atoms with E-state index in [9.17, 15) is 13.2 Å². The lowest BCUT2D eigenvalue weighted by Gasteiger charge is -2.33. The van der Waals surface area contributed by atoms with Crippen LogP contribution in [0.3, 0.4) is 0 Å². The van der Waals surface area contributed by atoms with Crippen molar-refractivity contribution in [1.29, 1.82) is 0 Å². The highest BCUT2D eigenvalue weighted by molar-refractivity contribution is 7.91. The summed E-state index contributed by atoms with van der Waals surface area (Å²) < 4.78 is 47.1. The van der Waals surface area contributed by atoms with Crippen molar-refractivity contribution < 1.29 is 32.2 Å². The summed E-state index contributed by atoms with van der Waals surface area (Å²) in [6.45, 7) is 3.10. The second kappa shape index (κ2) is 7.98. The van der Waals surface area contributed by atoms with E-state index >= 15 is 0 Å². The van der Waals surface area contributed by atoms with E-state index in [1.54, 1.807) is 18.2 Å². The summed E-state index contributed by atoms with van der Waals surface area (Å²) in [6, 6.07) is 5.24. The van der Waals surface area contributed by atoms with Crippen LogP contribution in [0.1, 0.15) is 39.0 Å². The van der Waals surface area contributed by atoms with Gasteiger partial charge in [-0.3, -0.25) is 9.69 Å². The normalized spacial score (nSPS) is 24.1. The quantitative estimate of drug-likeness (QED) is 0.575. The highest BCUT2D eigenvalue weighted by Crippen LogP contribution is 2.45. The third-order valence-electron chi connectivity index (χ3n) is 6.67. The molecule has 1 unspecified atom stereocenters. The standard InChI is InChI=1S/C24H22ClNO7S/c1-13-4-19-18(8-26(11-31-19)17-2-3-34(28,29)10-17)24-21(13)22(27)20(33-24)7-14-5-16(25)6-15-9-30-12-32-23(14)15/h4-7,17H,2-3,8-12H2,1H3/b20-7-. The van der Waals surface area contributed by atoms with Gasteiger partial charge in [-0.1, -0.05) is 11.6 Å². The average Bonchev–Trinajstić information content (AvgIpc) is 3.33. The third-order valence-corrected chi connectivity index (χ3v) is 8.63. The molecule has 4 aliphatic heterocycles. The van der Waals surface area contributed by atoms with Crippen molar-refractivity contribution in [2.45, 2.75) is 32.5 Å². The predicted molar refractivity (Wildman–Crippen MR) is 124 cm³/mol. The number of nitrogens with zero attached hydrogens (tertiary/aromatic N) is 1. The number of ketones is 1. The summed E-state index contributed by atoms with van der Waals surface area (Å²) in [7, 11) is -3.03. The molecular weight excluding hydrogens is 482 g/mol. The van der Waals surface area contributed by atoms with Crippen molar-refractivity contribution >= 4 is 33.3 Å². The summed E-state index contributed by atoms with van der Waals surface area (Å²) in [5.74, 6) is 2.00. The first-order valence-corrected chi connectivity index (χ1v) is 13.2. The molecule has 0 radical (unpaired) electrons. The van der Waals surface area contributed by atoms with Crippen molar-refractivity contribution in [2.75, 3.05) is 25.0 Å². The Bertz CT molecular complexity index is 1370. The molecule has 6 rings (SSSR count). The summed E-state index contributed by atoms with van der Waals surface area (Å²) in [6.07, 6.45) is 2.22. The first kappa shape index (κ1) is 21.9. The average molecular weight is 504 g/mol. The lowest BCUT2D eigenvalue weighted by atomic mass is 9.98. The lowest BCUT2D eigenvalue weighted by Crippen LogP contribution is -2.41. The number of hydrogen-bond acceptors (Lipinski definition) is 8. The van der Waals surface area contributed by atoms with Crippen LogP contribution in [0.2, 0.25) is 5.02 Å². The summed E-state index contributed by atoms with van der Waals surface area (Å²) >= 11 is 6.28. The number of rotatable bonds is 2. The molecule has 10 heteroatoms. The molecule has 0 aliphatic carbocycles. The van der Waals surface area contributed by atoms with Crippen molar-refractivity contribution in [1.82, 2.24) is 4.90 Å². The second-order valence-electron chi connectivity index (χ2n) is 8.99. The topological polar surface area (TPSA) is 91.4 Å². The van der Waals surface area contributed by atoms with Crippen molar-refractivity contribution in [3.63, 3.8) is 0 Å². The zero-order chi connectivity index (χ0) is 23.6. The first-order chi connectivity index (χ1) is 16.3. The van der Waals surface area contributed by atoms with Gasteiger partial charge in [0, 0.05) is 28.7 Å². The number of hydrogen-bond donors (Lipinski definition) is 0. The van der Waals surface area contributed by atoms with Gasteiger partial charge in [-0.05, 0) is 43.2 Å². The Morgan fingerprint density at radius 2 is 2.03 bits per heavy atom. The number of sulfone groups is 1. The minimum atomic E-state index is -3.03. The number of Topliss-reactive ketones (excluding diaryl/α,β-unsaturated/α-hetero) is 1. The predicted octanol–water partition coefficient (Wildman–Crippen LogP) is 3.47. The fraction of sp³-hybridized carbons (Fsp3) is 0.375. The second-order valence-corrected chi connectivity index (χ2v) is 11.7. The monoisotopic (exact) mass is 503 g/mol. The van der Waals surface area contributed by atoms with E-state index in [1.807, 2.05) is 17.9 Å². The van der Waals surface area contributed by atoms with E-state index in [0.29, 0.717) is 59.7 Å². The van der Waals surface area contributed by atoms with Gasteiger partial charge in [0.2, 0.25) is 5.78 Å². The number of ether oxygens (including phenoxy) is 4. The zero-order valence-electron chi connectivity index (χ0n) is 18.4. The molecule has 34 heavy (non-hydrogen) atoms. The molecule has 4 aliphatic rings. The summed E-state index contributed by atoms with van der Waals surface area (Å²) in [5.41, 5.74) is 3.46. The molecule has 8 nitrogen and oxygen atoms in total. The molecule has 0 amide bonds. The molecule has 2 aromatic carbocycles. The van der Waals surface area contributed by atoms with Gasteiger partial charge in [-0.15, -0.1) is 0 Å². The van der Waals surface area contributed by atoms with Gasteiger partial charge in [0.1, 0.15) is 24.0 Å². The van der Waals surface area contributed by atoms with Crippen LogP contribution in [0.15, 0.2) is 24.0 Å². The van der Waals surface area contributed by atoms with Gasteiger partial charge in [0.15, 0.2) is 22.4 Å². The maximum atomic E-state index is 13.4. The fourth-order valence-electron chi connectivity index (χ4n) is 5.00. The molecule has 1 atom stereocenters. The number of fused-ring (bicyclic) bond motifs is 4. The minimum Gasteiger partial charge on any atom is -0.478 e. The van der Waals surface area contributed by atoms with Crippen LogP contribution in [0, 0.1) is 6.92 Å². The Hall–Kier alpha value is -2.59. The number of benzene rings is 2. The lowest BCUT2D eigenvalue weighted by molar-refractivity contribution is -0.0165. The number of carbonyl (C=O) groups is 1. The van der Waals surface area contributed by atoms with Gasteiger partial charge < -0.3 is 18.9 Å². The Kier molecular flexibility index (Phi) is 5.14. The van der Waals surface area contributed by atoms with E-state index in [1.165, 1.54) is 0 Å². The third kappa shape index (κ3) is 3.67. The van der Waals surface area contributed by atoms with Crippen LogP contribution >= 0.6 is 11.6 Å². The van der Waals surface area contributed by atoms with E-state index in [0.717, 1.165) is 16.7 Å². The highest BCUT2D eigenvalue weighted by Gasteiger charge is 2.39. The Balaban J connectivity index is 1.36. The molecule has 0 aromatic heterocycles. The van der Waals surface area contributed by atoms with E-state index < -0.39 is 9.84 Å². The van der Waals surface area contributed by atoms with Crippen LogP contribution in [0.25, 0.3) is 6.08 Å². The Morgan fingerprint density at radius 1 is 1.18 bits per heavy atom. The minimum absolute atomic E-state index is 0.112. The molecule has 0 N–H and O–H groups in total. The van der Waals surface area contributed by atoms with Crippen molar-refractivity contribution in [2.24, 2.45) is 0 Å². The van der Waals surface area contributed by atoms with E-state index in [4.69, 9.17) is 30.5 Å². The smallest absolute Gasteiger partial charge is 0.232 e. The molecule has 1 fully saturated rings. The molecule has 0 spiro atoms. The summed E-state index contributed by atoms with van der Waals surface area (Å²) in [5, 5.41) is 0.506. The van der Waals surface area contributed by atoms with Crippen LogP contribution < -0.4 is 14.2 Å². The van der Waals surface area contributed by atoms with Gasteiger partial charge in [-0.25, -0.2) is 8.42 Å². The Labute approximate surface area is 201 Å². The van der Waals surface area contributed by atoms with E-state index in [2.05, 4.69) is 0 Å². The number of allylic oxidation sites excluding steroid dienone is 1. The van der Waals surface area contributed by atoms with Crippen molar-refractivity contribution in [3.8, 4) is 17.2 Å². The number of halogens is 1. The molecule has 0 saturated carbocycles. The molecule has 4 heterocycles. The number of carbonyl (C=O) groups excluding carboxylic acids is 1. The van der Waals surface area contributed by atoms with Crippen LogP contribution in [-0.2, 0) is 27.7 Å². The molecule has 0 bridgehead atoms.